The van der Waals surface area contributed by atoms with Gasteiger partial charge < -0.3 is 15.3 Å². The number of carbonyl (C=O) groups excluding carboxylic acids is 1. The van der Waals surface area contributed by atoms with E-state index in [4.69, 9.17) is 0 Å². The molecule has 0 spiro atoms. The van der Waals surface area contributed by atoms with Gasteiger partial charge in [-0.1, -0.05) is 70.6 Å². The molecule has 0 aromatic carbocycles. The maximum absolute atomic E-state index is 12.9. The number of unbranched alkanes of at least 4 members (excludes halogenated alkanes) is 6. The Morgan fingerprint density at radius 2 is 1.78 bits per heavy atom. The van der Waals surface area contributed by atoms with Gasteiger partial charge in [-0.25, -0.2) is 9.78 Å². The molecule has 2 N–H and O–H groups in total. The predicted molar refractivity (Wildman–Crippen MR) is 136 cm³/mol. The van der Waals surface area contributed by atoms with Gasteiger partial charge in [-0.2, -0.15) is 0 Å². The Morgan fingerprint density at radius 1 is 1.12 bits per heavy atom. The zero-order valence-electron chi connectivity index (χ0n) is 20.6. The zero-order chi connectivity index (χ0) is 24.0. The van der Waals surface area contributed by atoms with Gasteiger partial charge in [0.15, 0.2) is 4.34 Å². The SMILES string of the molecule is CCCCCCCN(CCc1csc(SC(C)(C)C(=O)O)n1)C(=O)NC(C)CCCCC. The van der Waals surface area contributed by atoms with Gasteiger partial charge in [-0.15, -0.1) is 11.3 Å². The summed E-state index contributed by atoms with van der Waals surface area (Å²) in [6.45, 7) is 11.2. The van der Waals surface area contributed by atoms with Crippen molar-refractivity contribution in [3.8, 4) is 0 Å². The van der Waals surface area contributed by atoms with Crippen LogP contribution < -0.4 is 5.32 Å². The molecule has 1 atom stereocenters. The van der Waals surface area contributed by atoms with Crippen molar-refractivity contribution < 1.29 is 14.7 Å². The number of carboxylic acids is 1. The summed E-state index contributed by atoms with van der Waals surface area (Å²) >= 11 is 2.74. The maximum atomic E-state index is 12.9. The molecule has 0 aliphatic rings. The highest BCUT2D eigenvalue weighted by molar-refractivity contribution is 8.02. The molecule has 0 aliphatic heterocycles. The van der Waals surface area contributed by atoms with Crippen LogP contribution in [-0.4, -0.2) is 50.9 Å². The fourth-order valence-corrected chi connectivity index (χ4v) is 5.48. The molecule has 0 bridgehead atoms. The molecule has 1 heterocycles. The Morgan fingerprint density at radius 3 is 2.44 bits per heavy atom. The standard InChI is InChI=1S/C24H43N3O3S2/c1-6-8-10-11-13-16-27(22(30)25-19(3)14-12-9-7-2)17-15-20-18-31-23(26-20)32-24(4,5)21(28)29/h18-19H,6-17H2,1-5H3,(H,25,30)(H,28,29). The fraction of sp³-hybridized carbons (Fsp3) is 0.792. The van der Waals surface area contributed by atoms with E-state index >= 15 is 0 Å². The van der Waals surface area contributed by atoms with Crippen LogP contribution in [0.25, 0.3) is 0 Å². The van der Waals surface area contributed by atoms with Gasteiger partial charge in [-0.05, 0) is 33.6 Å². The van der Waals surface area contributed by atoms with Gasteiger partial charge in [0.05, 0.1) is 5.69 Å². The van der Waals surface area contributed by atoms with Crippen molar-refractivity contribution in [3.63, 3.8) is 0 Å². The molecule has 0 saturated heterocycles. The second kappa shape index (κ2) is 15.5. The van der Waals surface area contributed by atoms with E-state index in [1.807, 2.05) is 10.3 Å². The summed E-state index contributed by atoms with van der Waals surface area (Å²) in [6, 6.07) is 0.193. The molecule has 32 heavy (non-hydrogen) atoms. The third-order valence-electron chi connectivity index (χ3n) is 5.46. The van der Waals surface area contributed by atoms with Gasteiger partial charge in [0, 0.05) is 30.9 Å². The van der Waals surface area contributed by atoms with Crippen molar-refractivity contribution in [2.24, 2.45) is 0 Å². The number of carbonyl (C=O) groups is 2. The van der Waals surface area contributed by atoms with E-state index in [0.29, 0.717) is 13.0 Å². The lowest BCUT2D eigenvalue weighted by molar-refractivity contribution is -0.138. The first-order valence-electron chi connectivity index (χ1n) is 12.1. The zero-order valence-corrected chi connectivity index (χ0v) is 22.2. The van der Waals surface area contributed by atoms with Crippen LogP contribution in [0.15, 0.2) is 9.72 Å². The second-order valence-corrected chi connectivity index (χ2v) is 11.7. The Bertz CT molecular complexity index is 679. The summed E-state index contributed by atoms with van der Waals surface area (Å²) in [4.78, 5) is 30.8. The molecule has 0 aliphatic carbocycles. The van der Waals surface area contributed by atoms with Gasteiger partial charge >= 0.3 is 12.0 Å². The summed E-state index contributed by atoms with van der Waals surface area (Å²) in [5.41, 5.74) is 0.915. The molecule has 1 rings (SSSR count). The third kappa shape index (κ3) is 11.5. The van der Waals surface area contributed by atoms with Crippen molar-refractivity contribution in [1.29, 1.82) is 0 Å². The van der Waals surface area contributed by atoms with E-state index in [9.17, 15) is 14.7 Å². The number of rotatable bonds is 17. The van der Waals surface area contributed by atoms with E-state index in [2.05, 4.69) is 31.1 Å². The van der Waals surface area contributed by atoms with Crippen LogP contribution in [0.3, 0.4) is 0 Å². The minimum absolute atomic E-state index is 0.0151. The minimum Gasteiger partial charge on any atom is -0.480 e. The smallest absolute Gasteiger partial charge is 0.319 e. The molecule has 0 radical (unpaired) electrons. The van der Waals surface area contributed by atoms with Crippen LogP contribution in [-0.2, 0) is 11.2 Å². The van der Waals surface area contributed by atoms with Gasteiger partial charge in [0.1, 0.15) is 4.75 Å². The molecule has 184 valence electrons. The van der Waals surface area contributed by atoms with Crippen molar-refractivity contribution in [3.05, 3.63) is 11.1 Å². The van der Waals surface area contributed by atoms with Crippen molar-refractivity contribution >= 4 is 35.1 Å². The number of nitrogens with zero attached hydrogens (tertiary/aromatic N) is 2. The monoisotopic (exact) mass is 485 g/mol. The van der Waals surface area contributed by atoms with Gasteiger partial charge in [0.2, 0.25) is 0 Å². The number of nitrogens with one attached hydrogen (secondary N) is 1. The maximum Gasteiger partial charge on any atom is 0.319 e. The highest BCUT2D eigenvalue weighted by Crippen LogP contribution is 2.34. The number of amides is 2. The van der Waals surface area contributed by atoms with Crippen molar-refractivity contribution in [2.45, 2.75) is 114 Å². The van der Waals surface area contributed by atoms with E-state index in [1.54, 1.807) is 13.8 Å². The van der Waals surface area contributed by atoms with Gasteiger partial charge in [-0.3, -0.25) is 4.79 Å². The number of hydrogen-bond donors (Lipinski definition) is 2. The summed E-state index contributed by atoms with van der Waals surface area (Å²) in [5.74, 6) is -0.849. The molecule has 1 aromatic heterocycles. The average molecular weight is 486 g/mol. The number of thioether (sulfide) groups is 1. The van der Waals surface area contributed by atoms with E-state index in [1.165, 1.54) is 55.2 Å². The first-order valence-corrected chi connectivity index (χ1v) is 13.8. The Kier molecular flexibility index (Phi) is 14.0. The van der Waals surface area contributed by atoms with Crippen LogP contribution in [0.5, 0.6) is 0 Å². The topological polar surface area (TPSA) is 82.5 Å². The lowest BCUT2D eigenvalue weighted by Crippen LogP contribution is -2.45. The van der Waals surface area contributed by atoms with Crippen LogP contribution in [0.4, 0.5) is 4.79 Å². The molecule has 0 saturated carbocycles. The number of aliphatic carboxylic acids is 1. The highest BCUT2D eigenvalue weighted by atomic mass is 32.2. The first-order chi connectivity index (χ1) is 15.2. The number of hydrogen-bond acceptors (Lipinski definition) is 5. The minimum atomic E-state index is -0.909. The molecular weight excluding hydrogens is 442 g/mol. The summed E-state index contributed by atoms with van der Waals surface area (Å²) in [7, 11) is 0. The van der Waals surface area contributed by atoms with E-state index < -0.39 is 10.7 Å². The lowest BCUT2D eigenvalue weighted by atomic mass is 10.1. The Labute approximate surface area is 203 Å². The average Bonchev–Trinajstić information content (AvgIpc) is 3.16. The number of thiazole rings is 1. The lowest BCUT2D eigenvalue weighted by Gasteiger charge is -2.25. The van der Waals surface area contributed by atoms with Crippen LogP contribution >= 0.6 is 23.1 Å². The predicted octanol–water partition coefficient (Wildman–Crippen LogP) is 6.59. The number of urea groups is 1. The summed E-state index contributed by atoms with van der Waals surface area (Å²) < 4.78 is -0.152. The fourth-order valence-electron chi connectivity index (χ4n) is 3.26. The number of aromatic nitrogens is 1. The normalized spacial score (nSPS) is 12.5. The number of carboxylic acid groups (broad SMARTS) is 1. The Balaban J connectivity index is 2.64. The molecular formula is C24H43N3O3S2. The molecule has 1 unspecified atom stereocenters. The summed E-state index contributed by atoms with van der Waals surface area (Å²) in [5, 5.41) is 14.5. The highest BCUT2D eigenvalue weighted by Gasteiger charge is 2.29. The second-order valence-electron chi connectivity index (χ2n) is 9.02. The Hall–Kier alpha value is -1.28. The largest absolute Gasteiger partial charge is 0.480 e. The van der Waals surface area contributed by atoms with Crippen LogP contribution in [0, 0.1) is 0 Å². The third-order valence-corrected chi connectivity index (χ3v) is 7.63. The molecule has 0 fully saturated rings. The molecule has 6 nitrogen and oxygen atoms in total. The van der Waals surface area contributed by atoms with Crippen LogP contribution in [0.2, 0.25) is 0 Å². The molecule has 1 aromatic rings. The van der Waals surface area contributed by atoms with Crippen LogP contribution in [0.1, 0.15) is 98.1 Å². The molecule has 2 amide bonds. The first kappa shape index (κ1) is 28.8. The van der Waals surface area contributed by atoms with E-state index in [0.717, 1.165) is 42.3 Å². The van der Waals surface area contributed by atoms with Crippen molar-refractivity contribution in [1.82, 2.24) is 15.2 Å². The molecule has 8 heteroatoms. The quantitative estimate of drug-likeness (QED) is 0.192. The summed E-state index contributed by atoms with van der Waals surface area (Å²) in [6.07, 6.45) is 11.0. The van der Waals surface area contributed by atoms with E-state index in [-0.39, 0.29) is 12.1 Å². The van der Waals surface area contributed by atoms with Crippen molar-refractivity contribution in [2.75, 3.05) is 13.1 Å². The van der Waals surface area contributed by atoms with Gasteiger partial charge in [0.25, 0.3) is 0 Å².